The summed E-state index contributed by atoms with van der Waals surface area (Å²) in [5.41, 5.74) is 1.24. The lowest BCUT2D eigenvalue weighted by Crippen LogP contribution is -2.42. The minimum atomic E-state index is -0.0184. The van der Waals surface area contributed by atoms with Gasteiger partial charge in [-0.3, -0.25) is 4.79 Å². The fourth-order valence-corrected chi connectivity index (χ4v) is 5.07. The van der Waals surface area contributed by atoms with Gasteiger partial charge < -0.3 is 9.64 Å². The molecule has 0 N–H and O–H groups in total. The monoisotopic (exact) mass is 389 g/mol. The maximum atomic E-state index is 12.9. The van der Waals surface area contributed by atoms with E-state index in [-0.39, 0.29) is 18.6 Å². The van der Waals surface area contributed by atoms with E-state index in [2.05, 4.69) is 22.9 Å². The molecule has 1 unspecified atom stereocenters. The van der Waals surface area contributed by atoms with E-state index >= 15 is 0 Å². The summed E-state index contributed by atoms with van der Waals surface area (Å²) in [6.07, 6.45) is 0.896. The number of hydrogen-bond acceptors (Lipinski definition) is 4. The van der Waals surface area contributed by atoms with Crippen molar-refractivity contribution in [3.8, 4) is 5.75 Å². The Balaban J connectivity index is 1.56. The van der Waals surface area contributed by atoms with Gasteiger partial charge in [-0.05, 0) is 47.0 Å². The van der Waals surface area contributed by atoms with Gasteiger partial charge in [-0.25, -0.2) is 0 Å². The molecule has 0 saturated carbocycles. The van der Waals surface area contributed by atoms with Crippen LogP contribution in [0.1, 0.15) is 21.4 Å². The Bertz CT molecular complexity index is 875. The molecule has 0 fully saturated rings. The zero-order valence-corrected chi connectivity index (χ0v) is 15.7. The molecule has 3 heterocycles. The molecule has 1 atom stereocenters. The molecule has 3 aromatic rings. The second kappa shape index (κ2) is 7.20. The SMILES string of the molecule is O=C(COc1ccccc1Cl)N1CCc2sccc2C1c1cccs1. The van der Waals surface area contributed by atoms with Crippen LogP contribution in [0.2, 0.25) is 5.02 Å². The van der Waals surface area contributed by atoms with Crippen molar-refractivity contribution in [1.29, 1.82) is 0 Å². The van der Waals surface area contributed by atoms with E-state index in [1.807, 2.05) is 23.1 Å². The van der Waals surface area contributed by atoms with E-state index in [4.69, 9.17) is 16.3 Å². The second-order valence-corrected chi connectivity index (χ2v) is 8.16. The summed E-state index contributed by atoms with van der Waals surface area (Å²) in [6.45, 7) is 0.700. The van der Waals surface area contributed by atoms with Crippen LogP contribution in [0.4, 0.5) is 0 Å². The van der Waals surface area contributed by atoms with Crippen molar-refractivity contribution in [3.63, 3.8) is 0 Å². The van der Waals surface area contributed by atoms with Crippen molar-refractivity contribution in [3.05, 3.63) is 73.6 Å². The molecule has 1 aliphatic rings. The fraction of sp³-hybridized carbons (Fsp3) is 0.211. The normalized spacial score (nSPS) is 16.5. The summed E-state index contributed by atoms with van der Waals surface area (Å²) in [5.74, 6) is 0.522. The molecule has 1 amide bonds. The Morgan fingerprint density at radius 1 is 1.16 bits per heavy atom. The first kappa shape index (κ1) is 16.6. The zero-order valence-electron chi connectivity index (χ0n) is 13.4. The Morgan fingerprint density at radius 3 is 2.84 bits per heavy atom. The van der Waals surface area contributed by atoms with Crippen LogP contribution in [-0.4, -0.2) is 24.0 Å². The predicted octanol–water partition coefficient (Wildman–Crippen LogP) is 5.02. The third-order valence-corrected chi connectivity index (χ3v) is 6.52. The van der Waals surface area contributed by atoms with Gasteiger partial charge in [0, 0.05) is 16.3 Å². The van der Waals surface area contributed by atoms with Crippen molar-refractivity contribution >= 4 is 40.2 Å². The van der Waals surface area contributed by atoms with Crippen molar-refractivity contribution in [1.82, 2.24) is 4.90 Å². The maximum Gasteiger partial charge on any atom is 0.261 e. The number of nitrogens with zero attached hydrogens (tertiary/aromatic N) is 1. The molecule has 6 heteroatoms. The molecule has 4 rings (SSSR count). The van der Waals surface area contributed by atoms with Crippen LogP contribution >= 0.6 is 34.3 Å². The van der Waals surface area contributed by atoms with E-state index in [0.29, 0.717) is 17.3 Å². The summed E-state index contributed by atoms with van der Waals surface area (Å²) >= 11 is 9.56. The van der Waals surface area contributed by atoms with Crippen LogP contribution in [0, 0.1) is 0 Å². The smallest absolute Gasteiger partial charge is 0.261 e. The van der Waals surface area contributed by atoms with Crippen LogP contribution in [0.25, 0.3) is 0 Å². The minimum Gasteiger partial charge on any atom is -0.482 e. The van der Waals surface area contributed by atoms with Crippen molar-refractivity contribution in [2.24, 2.45) is 0 Å². The van der Waals surface area contributed by atoms with Crippen molar-refractivity contribution in [2.45, 2.75) is 12.5 Å². The van der Waals surface area contributed by atoms with Crippen LogP contribution in [-0.2, 0) is 11.2 Å². The third kappa shape index (κ3) is 3.32. The lowest BCUT2D eigenvalue weighted by atomic mass is 9.98. The standard InChI is InChI=1S/C19H16ClNO2S2/c20-14-4-1-2-5-15(14)23-12-18(22)21-9-7-16-13(8-11-25-16)19(21)17-6-3-10-24-17/h1-6,8,10-11,19H,7,9,12H2. The number of rotatable bonds is 4. The summed E-state index contributed by atoms with van der Waals surface area (Å²) < 4.78 is 5.67. The van der Waals surface area contributed by atoms with E-state index in [1.165, 1.54) is 15.3 Å². The fourth-order valence-electron chi connectivity index (χ4n) is 3.12. The highest BCUT2D eigenvalue weighted by molar-refractivity contribution is 7.10. The van der Waals surface area contributed by atoms with Gasteiger partial charge in [-0.15, -0.1) is 22.7 Å². The Morgan fingerprint density at radius 2 is 2.04 bits per heavy atom. The van der Waals surface area contributed by atoms with Gasteiger partial charge in [-0.2, -0.15) is 0 Å². The summed E-state index contributed by atoms with van der Waals surface area (Å²) in [6, 6.07) is 13.5. The quantitative estimate of drug-likeness (QED) is 0.627. The Labute approximate surface area is 159 Å². The number of benzene rings is 1. The molecule has 0 spiro atoms. The molecule has 1 aromatic carbocycles. The summed E-state index contributed by atoms with van der Waals surface area (Å²) in [7, 11) is 0. The number of carbonyl (C=O) groups excluding carboxylic acids is 1. The predicted molar refractivity (Wildman–Crippen MR) is 103 cm³/mol. The average molecular weight is 390 g/mol. The molecule has 128 valence electrons. The van der Waals surface area contributed by atoms with E-state index in [0.717, 1.165) is 6.42 Å². The number of fused-ring (bicyclic) bond motifs is 1. The van der Waals surface area contributed by atoms with E-state index < -0.39 is 0 Å². The summed E-state index contributed by atoms with van der Waals surface area (Å²) in [4.78, 5) is 17.4. The molecule has 3 nitrogen and oxygen atoms in total. The Kier molecular flexibility index (Phi) is 4.79. The molecule has 2 aromatic heterocycles. The van der Waals surface area contributed by atoms with Crippen LogP contribution < -0.4 is 4.74 Å². The third-order valence-electron chi connectivity index (χ3n) is 4.29. The van der Waals surface area contributed by atoms with Gasteiger partial charge in [0.25, 0.3) is 5.91 Å². The van der Waals surface area contributed by atoms with Crippen LogP contribution in [0.3, 0.4) is 0 Å². The number of carbonyl (C=O) groups is 1. The molecule has 0 bridgehead atoms. The van der Waals surface area contributed by atoms with Gasteiger partial charge in [0.15, 0.2) is 6.61 Å². The summed E-state index contributed by atoms with van der Waals surface area (Å²) in [5, 5.41) is 4.68. The highest BCUT2D eigenvalue weighted by Crippen LogP contribution is 2.39. The number of ether oxygens (including phenoxy) is 1. The first-order valence-electron chi connectivity index (χ1n) is 8.00. The number of hydrogen-bond donors (Lipinski definition) is 0. The molecule has 0 radical (unpaired) electrons. The molecule has 1 aliphatic heterocycles. The number of amides is 1. The number of halogens is 1. The lowest BCUT2D eigenvalue weighted by Gasteiger charge is -2.35. The lowest BCUT2D eigenvalue weighted by molar-refractivity contribution is -0.135. The van der Waals surface area contributed by atoms with E-state index in [1.54, 1.807) is 34.8 Å². The van der Waals surface area contributed by atoms with Gasteiger partial charge in [0.1, 0.15) is 5.75 Å². The van der Waals surface area contributed by atoms with Crippen molar-refractivity contribution < 1.29 is 9.53 Å². The minimum absolute atomic E-state index is 0.00885. The molecule has 25 heavy (non-hydrogen) atoms. The van der Waals surface area contributed by atoms with Gasteiger partial charge in [-0.1, -0.05) is 29.8 Å². The second-order valence-electron chi connectivity index (χ2n) is 5.77. The Hall–Kier alpha value is -1.82. The van der Waals surface area contributed by atoms with Gasteiger partial charge in [0.2, 0.25) is 0 Å². The molecular formula is C19H16ClNO2S2. The first-order chi connectivity index (χ1) is 12.2. The van der Waals surface area contributed by atoms with Gasteiger partial charge >= 0.3 is 0 Å². The average Bonchev–Trinajstić information content (AvgIpc) is 3.31. The highest BCUT2D eigenvalue weighted by atomic mass is 35.5. The van der Waals surface area contributed by atoms with Crippen molar-refractivity contribution in [2.75, 3.05) is 13.2 Å². The maximum absolute atomic E-state index is 12.9. The largest absolute Gasteiger partial charge is 0.482 e. The van der Waals surface area contributed by atoms with Crippen LogP contribution in [0.5, 0.6) is 5.75 Å². The molecule has 0 aliphatic carbocycles. The molecular weight excluding hydrogens is 374 g/mol. The topological polar surface area (TPSA) is 29.5 Å². The van der Waals surface area contributed by atoms with Crippen LogP contribution in [0.15, 0.2) is 53.2 Å². The first-order valence-corrected chi connectivity index (χ1v) is 10.1. The van der Waals surface area contributed by atoms with E-state index in [9.17, 15) is 4.79 Å². The number of thiophene rings is 2. The van der Waals surface area contributed by atoms with Gasteiger partial charge in [0.05, 0.1) is 11.1 Å². The highest BCUT2D eigenvalue weighted by Gasteiger charge is 2.33. The zero-order chi connectivity index (χ0) is 17.2. The molecule has 0 saturated heterocycles. The number of para-hydroxylation sites is 1.